The molecule has 0 amide bonds. The molecule has 0 bridgehead atoms. The maximum atomic E-state index is 12.5. The van der Waals surface area contributed by atoms with Crippen molar-refractivity contribution in [2.75, 3.05) is 13.2 Å². The fourth-order valence-corrected chi connectivity index (χ4v) is 2.15. The van der Waals surface area contributed by atoms with Gasteiger partial charge in [0.1, 0.15) is 0 Å². The van der Waals surface area contributed by atoms with Crippen molar-refractivity contribution in [1.82, 2.24) is 0 Å². The number of rotatable bonds is 8. The number of ether oxygens (including phenoxy) is 2. The summed E-state index contributed by atoms with van der Waals surface area (Å²) in [6, 6.07) is 5.23. The molecule has 1 aromatic rings. The van der Waals surface area contributed by atoms with Crippen molar-refractivity contribution in [3.63, 3.8) is 0 Å². The number of carbonyl (C=O) groups is 1. The standard InChI is InChI=1S/C16H25NO3/c1-5-10-16(4,17)15(18)12-8-9-13(19-6-2)14(11-12)20-7-3/h8-9,11H,5-7,10,17H2,1-4H3. The number of benzene rings is 1. The zero-order chi connectivity index (χ0) is 15.2. The van der Waals surface area contributed by atoms with Crippen LogP contribution in [-0.2, 0) is 0 Å². The van der Waals surface area contributed by atoms with E-state index in [2.05, 4.69) is 0 Å². The molecule has 1 rings (SSSR count). The Morgan fingerprint density at radius 2 is 1.75 bits per heavy atom. The van der Waals surface area contributed by atoms with Gasteiger partial charge in [-0.25, -0.2) is 0 Å². The minimum absolute atomic E-state index is 0.0663. The molecule has 0 fully saturated rings. The first-order chi connectivity index (χ1) is 9.46. The Kier molecular flexibility index (Phi) is 6.02. The Bertz CT molecular complexity index is 455. The Morgan fingerprint density at radius 3 is 2.30 bits per heavy atom. The quantitative estimate of drug-likeness (QED) is 0.742. The fraction of sp³-hybridized carbons (Fsp3) is 0.562. The van der Waals surface area contributed by atoms with E-state index in [1.807, 2.05) is 20.8 Å². The molecule has 20 heavy (non-hydrogen) atoms. The summed E-state index contributed by atoms with van der Waals surface area (Å²) in [6.07, 6.45) is 1.52. The molecule has 0 aliphatic rings. The lowest BCUT2D eigenvalue weighted by Gasteiger charge is -2.23. The first-order valence-electron chi connectivity index (χ1n) is 7.19. The molecule has 2 N–H and O–H groups in total. The second-order valence-corrected chi connectivity index (χ2v) is 5.02. The average molecular weight is 279 g/mol. The second kappa shape index (κ2) is 7.29. The number of hydrogen-bond donors (Lipinski definition) is 1. The van der Waals surface area contributed by atoms with Crippen LogP contribution in [0, 0.1) is 0 Å². The predicted molar refractivity (Wildman–Crippen MR) is 80.6 cm³/mol. The zero-order valence-electron chi connectivity index (χ0n) is 12.9. The highest BCUT2D eigenvalue weighted by Gasteiger charge is 2.28. The molecule has 0 spiro atoms. The maximum absolute atomic E-state index is 12.5. The number of carbonyl (C=O) groups excluding carboxylic acids is 1. The molecule has 0 heterocycles. The lowest BCUT2D eigenvalue weighted by atomic mass is 9.88. The molecule has 1 aromatic carbocycles. The van der Waals surface area contributed by atoms with E-state index in [1.165, 1.54) is 0 Å². The molecule has 4 nitrogen and oxygen atoms in total. The number of hydrogen-bond acceptors (Lipinski definition) is 4. The van der Waals surface area contributed by atoms with E-state index in [4.69, 9.17) is 15.2 Å². The molecular weight excluding hydrogens is 254 g/mol. The van der Waals surface area contributed by atoms with Gasteiger partial charge in [0.05, 0.1) is 18.8 Å². The minimum atomic E-state index is -0.842. The summed E-state index contributed by atoms with van der Waals surface area (Å²) < 4.78 is 11.0. The third-order valence-electron chi connectivity index (χ3n) is 3.09. The van der Waals surface area contributed by atoms with Crippen LogP contribution in [0.25, 0.3) is 0 Å². The van der Waals surface area contributed by atoms with E-state index in [-0.39, 0.29) is 5.78 Å². The van der Waals surface area contributed by atoms with Crippen molar-refractivity contribution >= 4 is 5.78 Å². The molecule has 112 valence electrons. The Hall–Kier alpha value is -1.55. The largest absolute Gasteiger partial charge is 0.490 e. The van der Waals surface area contributed by atoms with Gasteiger partial charge in [-0.15, -0.1) is 0 Å². The van der Waals surface area contributed by atoms with Crippen molar-refractivity contribution in [2.45, 2.75) is 46.1 Å². The molecule has 0 aliphatic carbocycles. The first kappa shape index (κ1) is 16.5. The summed E-state index contributed by atoms with van der Waals surface area (Å²) in [4.78, 5) is 12.5. The molecule has 1 unspecified atom stereocenters. The van der Waals surface area contributed by atoms with E-state index in [0.717, 1.165) is 6.42 Å². The summed E-state index contributed by atoms with van der Waals surface area (Å²) in [6.45, 7) is 8.67. The SMILES string of the molecule is CCCC(C)(N)C(=O)c1ccc(OCC)c(OCC)c1. The molecule has 0 aliphatic heterocycles. The van der Waals surface area contributed by atoms with Crippen molar-refractivity contribution in [1.29, 1.82) is 0 Å². The third-order valence-corrected chi connectivity index (χ3v) is 3.09. The normalized spacial score (nSPS) is 13.7. The van der Waals surface area contributed by atoms with Gasteiger partial charge in [0.15, 0.2) is 17.3 Å². The summed E-state index contributed by atoms with van der Waals surface area (Å²) in [5.74, 6) is 1.18. The molecule has 1 atom stereocenters. The Labute approximate surface area is 121 Å². The van der Waals surface area contributed by atoms with Crippen LogP contribution < -0.4 is 15.2 Å². The number of nitrogens with two attached hydrogens (primary N) is 1. The predicted octanol–water partition coefficient (Wildman–Crippen LogP) is 3.18. The maximum Gasteiger partial charge on any atom is 0.182 e. The minimum Gasteiger partial charge on any atom is -0.490 e. The van der Waals surface area contributed by atoms with Gasteiger partial charge in [0.25, 0.3) is 0 Å². The van der Waals surface area contributed by atoms with Gasteiger partial charge in [0.2, 0.25) is 0 Å². The molecule has 4 heteroatoms. The molecule has 0 saturated carbocycles. The van der Waals surface area contributed by atoms with Gasteiger partial charge in [-0.05, 0) is 45.4 Å². The van der Waals surface area contributed by atoms with Crippen LogP contribution in [0.4, 0.5) is 0 Å². The zero-order valence-corrected chi connectivity index (χ0v) is 12.9. The van der Waals surface area contributed by atoms with Crippen molar-refractivity contribution in [2.24, 2.45) is 5.73 Å². The van der Waals surface area contributed by atoms with Crippen LogP contribution in [0.2, 0.25) is 0 Å². The summed E-state index contributed by atoms with van der Waals surface area (Å²) in [5.41, 5.74) is 5.83. The summed E-state index contributed by atoms with van der Waals surface area (Å²) >= 11 is 0. The first-order valence-corrected chi connectivity index (χ1v) is 7.19. The topological polar surface area (TPSA) is 61.6 Å². The lowest BCUT2D eigenvalue weighted by Crippen LogP contribution is -2.44. The van der Waals surface area contributed by atoms with Crippen LogP contribution >= 0.6 is 0 Å². The van der Waals surface area contributed by atoms with Crippen LogP contribution in [-0.4, -0.2) is 24.5 Å². The summed E-state index contributed by atoms with van der Waals surface area (Å²) in [5, 5.41) is 0. The van der Waals surface area contributed by atoms with Gasteiger partial charge in [0, 0.05) is 5.56 Å². The van der Waals surface area contributed by atoms with Gasteiger partial charge in [-0.2, -0.15) is 0 Å². The van der Waals surface area contributed by atoms with Crippen LogP contribution in [0.5, 0.6) is 11.5 Å². The highest BCUT2D eigenvalue weighted by Crippen LogP contribution is 2.30. The van der Waals surface area contributed by atoms with Crippen molar-refractivity contribution < 1.29 is 14.3 Å². The van der Waals surface area contributed by atoms with Crippen molar-refractivity contribution in [3.8, 4) is 11.5 Å². The molecule has 0 radical (unpaired) electrons. The monoisotopic (exact) mass is 279 g/mol. The fourth-order valence-electron chi connectivity index (χ4n) is 2.15. The highest BCUT2D eigenvalue weighted by molar-refractivity contribution is 6.03. The van der Waals surface area contributed by atoms with Crippen molar-refractivity contribution in [3.05, 3.63) is 23.8 Å². The molecular formula is C16H25NO3. The average Bonchev–Trinajstić information content (AvgIpc) is 2.40. The number of ketones is 1. The Morgan fingerprint density at radius 1 is 1.15 bits per heavy atom. The highest BCUT2D eigenvalue weighted by atomic mass is 16.5. The summed E-state index contributed by atoms with van der Waals surface area (Å²) in [7, 11) is 0. The van der Waals surface area contributed by atoms with Gasteiger partial charge in [-0.3, -0.25) is 4.79 Å². The Balaban J connectivity index is 3.07. The van der Waals surface area contributed by atoms with Gasteiger partial charge in [-0.1, -0.05) is 13.3 Å². The van der Waals surface area contributed by atoms with Crippen LogP contribution in [0.1, 0.15) is 50.9 Å². The molecule has 0 saturated heterocycles. The van der Waals surface area contributed by atoms with E-state index in [1.54, 1.807) is 25.1 Å². The smallest absolute Gasteiger partial charge is 0.182 e. The lowest BCUT2D eigenvalue weighted by molar-refractivity contribution is 0.0892. The van der Waals surface area contributed by atoms with Gasteiger partial charge >= 0.3 is 0 Å². The van der Waals surface area contributed by atoms with E-state index in [9.17, 15) is 4.79 Å². The van der Waals surface area contributed by atoms with E-state index in [0.29, 0.717) is 36.7 Å². The van der Waals surface area contributed by atoms with Crippen LogP contribution in [0.15, 0.2) is 18.2 Å². The van der Waals surface area contributed by atoms with Gasteiger partial charge < -0.3 is 15.2 Å². The van der Waals surface area contributed by atoms with E-state index < -0.39 is 5.54 Å². The second-order valence-electron chi connectivity index (χ2n) is 5.02. The third kappa shape index (κ3) is 3.97. The number of Topliss-reactive ketones (excluding diaryl/α,β-unsaturated/α-hetero) is 1. The molecule has 0 aromatic heterocycles. The van der Waals surface area contributed by atoms with Crippen LogP contribution in [0.3, 0.4) is 0 Å². The van der Waals surface area contributed by atoms with E-state index >= 15 is 0 Å².